The molecule has 3 amide bonds. The van der Waals surface area contributed by atoms with Crippen molar-refractivity contribution in [3.8, 4) is 11.5 Å². The van der Waals surface area contributed by atoms with E-state index in [1.54, 1.807) is 42.5 Å². The lowest BCUT2D eigenvalue weighted by Gasteiger charge is -2.36. The van der Waals surface area contributed by atoms with Crippen molar-refractivity contribution in [2.24, 2.45) is 0 Å². The van der Waals surface area contributed by atoms with E-state index in [0.29, 0.717) is 42.5 Å². The molecule has 0 aliphatic heterocycles. The summed E-state index contributed by atoms with van der Waals surface area (Å²) in [7, 11) is 3.08. The number of amides is 3. The van der Waals surface area contributed by atoms with Crippen LogP contribution < -0.4 is 14.8 Å². The summed E-state index contributed by atoms with van der Waals surface area (Å²) in [5, 5.41) is 2.88. The molecule has 36 heavy (non-hydrogen) atoms. The second-order valence-electron chi connectivity index (χ2n) is 9.38. The van der Waals surface area contributed by atoms with Gasteiger partial charge in [-0.2, -0.15) is 0 Å². The number of hydrogen-bond acceptors (Lipinski definition) is 5. The largest absolute Gasteiger partial charge is 0.497 e. The first-order chi connectivity index (χ1) is 17.2. The summed E-state index contributed by atoms with van der Waals surface area (Å²) in [6, 6.07) is 18.4. The molecule has 0 spiro atoms. The first-order valence-corrected chi connectivity index (χ1v) is 11.9. The van der Waals surface area contributed by atoms with Gasteiger partial charge in [0, 0.05) is 18.2 Å². The van der Waals surface area contributed by atoms with Gasteiger partial charge in [-0.15, -0.1) is 0 Å². The van der Waals surface area contributed by atoms with E-state index in [2.05, 4.69) is 5.32 Å². The number of benzene rings is 2. The summed E-state index contributed by atoms with van der Waals surface area (Å²) in [6.45, 7) is 6.41. The van der Waals surface area contributed by atoms with Crippen molar-refractivity contribution in [3.63, 3.8) is 0 Å². The van der Waals surface area contributed by atoms with Gasteiger partial charge < -0.3 is 29.0 Å². The molecule has 0 saturated heterocycles. The maximum Gasteiger partial charge on any atom is 0.322 e. The number of nitrogens with one attached hydrogen (secondary N) is 1. The third-order valence-electron chi connectivity index (χ3n) is 5.79. The summed E-state index contributed by atoms with van der Waals surface area (Å²) >= 11 is 0. The Morgan fingerprint density at radius 1 is 0.972 bits per heavy atom. The van der Waals surface area contributed by atoms with Crippen molar-refractivity contribution in [2.75, 3.05) is 32.6 Å². The maximum absolute atomic E-state index is 13.5. The van der Waals surface area contributed by atoms with Crippen LogP contribution in [0.5, 0.6) is 11.5 Å². The molecule has 8 heteroatoms. The van der Waals surface area contributed by atoms with Crippen molar-refractivity contribution in [1.82, 2.24) is 9.80 Å². The molecular formula is C28H35N3O5. The molecule has 1 heterocycles. The SMILES string of the molecule is COc1ccc(NC(=O)N(CC(=O)N(CCc2ccccc2)Cc2ccco2)C(C)(C)C)c(OC)c1. The number of rotatable bonds is 10. The first kappa shape index (κ1) is 26.7. The lowest BCUT2D eigenvalue weighted by molar-refractivity contribution is -0.133. The summed E-state index contributed by atoms with van der Waals surface area (Å²) < 4.78 is 16.1. The van der Waals surface area contributed by atoms with Gasteiger partial charge in [0.15, 0.2) is 0 Å². The predicted molar refractivity (Wildman–Crippen MR) is 139 cm³/mol. The molecule has 0 fully saturated rings. The molecule has 0 saturated carbocycles. The summed E-state index contributed by atoms with van der Waals surface area (Å²) in [6.07, 6.45) is 2.28. The molecule has 0 aliphatic rings. The van der Waals surface area contributed by atoms with Crippen molar-refractivity contribution >= 4 is 17.6 Å². The van der Waals surface area contributed by atoms with Crippen LogP contribution in [0.4, 0.5) is 10.5 Å². The number of urea groups is 1. The molecule has 8 nitrogen and oxygen atoms in total. The fourth-order valence-corrected chi connectivity index (χ4v) is 3.72. The van der Waals surface area contributed by atoms with Gasteiger partial charge in [0.25, 0.3) is 0 Å². The average molecular weight is 494 g/mol. The third-order valence-corrected chi connectivity index (χ3v) is 5.79. The van der Waals surface area contributed by atoms with Gasteiger partial charge in [0.05, 0.1) is 32.7 Å². The molecule has 3 rings (SSSR count). The number of anilines is 1. The van der Waals surface area contributed by atoms with E-state index in [0.717, 1.165) is 5.56 Å². The van der Waals surface area contributed by atoms with Gasteiger partial charge in [0.1, 0.15) is 23.8 Å². The van der Waals surface area contributed by atoms with Crippen molar-refractivity contribution in [1.29, 1.82) is 0 Å². The van der Waals surface area contributed by atoms with E-state index in [9.17, 15) is 9.59 Å². The van der Waals surface area contributed by atoms with Crippen molar-refractivity contribution < 1.29 is 23.5 Å². The number of furan rings is 1. The Morgan fingerprint density at radius 3 is 2.33 bits per heavy atom. The van der Waals surface area contributed by atoms with E-state index in [1.807, 2.05) is 57.2 Å². The number of methoxy groups -OCH3 is 2. The highest BCUT2D eigenvalue weighted by Crippen LogP contribution is 2.30. The van der Waals surface area contributed by atoms with Crippen LogP contribution >= 0.6 is 0 Å². The normalized spacial score (nSPS) is 11.0. The highest BCUT2D eigenvalue weighted by atomic mass is 16.5. The minimum atomic E-state index is -0.616. The predicted octanol–water partition coefficient (Wildman–Crippen LogP) is 5.20. The van der Waals surface area contributed by atoms with Crippen LogP contribution in [0, 0.1) is 0 Å². The molecule has 3 aromatic rings. The monoisotopic (exact) mass is 493 g/mol. The summed E-state index contributed by atoms with van der Waals surface area (Å²) in [5.41, 5.74) is 1.00. The zero-order valence-electron chi connectivity index (χ0n) is 21.6. The van der Waals surface area contributed by atoms with Gasteiger partial charge in [-0.25, -0.2) is 4.79 Å². The Balaban J connectivity index is 1.77. The second kappa shape index (κ2) is 12.2. The number of carbonyl (C=O) groups is 2. The van der Waals surface area contributed by atoms with Gasteiger partial charge in [-0.05, 0) is 57.0 Å². The lowest BCUT2D eigenvalue weighted by Crippen LogP contribution is -2.52. The minimum Gasteiger partial charge on any atom is -0.497 e. The zero-order valence-corrected chi connectivity index (χ0v) is 21.6. The molecule has 192 valence electrons. The fraction of sp³-hybridized carbons (Fsp3) is 0.357. The maximum atomic E-state index is 13.5. The zero-order chi connectivity index (χ0) is 26.1. The molecule has 2 aromatic carbocycles. The van der Waals surface area contributed by atoms with E-state index in [1.165, 1.54) is 12.0 Å². The molecule has 1 aromatic heterocycles. The van der Waals surface area contributed by atoms with Crippen LogP contribution in [0.2, 0.25) is 0 Å². The van der Waals surface area contributed by atoms with Crippen molar-refractivity contribution in [3.05, 3.63) is 78.3 Å². The second-order valence-corrected chi connectivity index (χ2v) is 9.38. The molecule has 0 atom stereocenters. The van der Waals surface area contributed by atoms with Crippen LogP contribution in [-0.2, 0) is 17.8 Å². The fourth-order valence-electron chi connectivity index (χ4n) is 3.72. The first-order valence-electron chi connectivity index (χ1n) is 11.9. The average Bonchev–Trinajstić information content (AvgIpc) is 3.38. The van der Waals surface area contributed by atoms with Crippen LogP contribution in [0.15, 0.2) is 71.3 Å². The van der Waals surface area contributed by atoms with Gasteiger partial charge in [0.2, 0.25) is 5.91 Å². The molecule has 0 unspecified atom stereocenters. The Morgan fingerprint density at radius 2 is 1.72 bits per heavy atom. The lowest BCUT2D eigenvalue weighted by atomic mass is 10.1. The summed E-state index contributed by atoms with van der Waals surface area (Å²) in [5.74, 6) is 1.59. The molecule has 0 radical (unpaired) electrons. The Kier molecular flexibility index (Phi) is 9.00. The van der Waals surface area contributed by atoms with Crippen LogP contribution in [0.25, 0.3) is 0 Å². The van der Waals surface area contributed by atoms with E-state index < -0.39 is 11.6 Å². The molecule has 0 bridgehead atoms. The number of hydrogen-bond donors (Lipinski definition) is 1. The van der Waals surface area contributed by atoms with Crippen LogP contribution in [-0.4, -0.2) is 54.6 Å². The van der Waals surface area contributed by atoms with Gasteiger partial charge in [-0.1, -0.05) is 30.3 Å². The van der Waals surface area contributed by atoms with E-state index in [4.69, 9.17) is 13.9 Å². The van der Waals surface area contributed by atoms with Crippen LogP contribution in [0.1, 0.15) is 32.1 Å². The summed E-state index contributed by atoms with van der Waals surface area (Å²) in [4.78, 5) is 30.2. The number of nitrogens with zero attached hydrogens (tertiary/aromatic N) is 2. The standard InChI is InChI=1S/C28H35N3O5/c1-28(2,3)31(27(33)29-24-14-13-22(34-4)18-25(24)35-5)20-26(32)30(19-23-12-9-17-36-23)16-15-21-10-7-6-8-11-21/h6-14,17-18H,15-16,19-20H2,1-5H3,(H,29,33). The molecule has 1 N–H and O–H groups in total. The van der Waals surface area contributed by atoms with Gasteiger partial charge >= 0.3 is 6.03 Å². The molecule has 0 aliphatic carbocycles. The van der Waals surface area contributed by atoms with Crippen LogP contribution in [0.3, 0.4) is 0 Å². The van der Waals surface area contributed by atoms with E-state index in [-0.39, 0.29) is 12.5 Å². The smallest absolute Gasteiger partial charge is 0.322 e. The Bertz CT molecular complexity index is 1120. The highest BCUT2D eigenvalue weighted by molar-refractivity contribution is 5.94. The Hall–Kier alpha value is -3.94. The number of carbonyl (C=O) groups excluding carboxylic acids is 2. The highest BCUT2D eigenvalue weighted by Gasteiger charge is 2.31. The molecular weight excluding hydrogens is 458 g/mol. The third kappa shape index (κ3) is 7.28. The Labute approximate surface area is 212 Å². The number of ether oxygens (including phenoxy) is 2. The van der Waals surface area contributed by atoms with Gasteiger partial charge in [-0.3, -0.25) is 4.79 Å². The minimum absolute atomic E-state index is 0.0939. The quantitative estimate of drug-likeness (QED) is 0.420. The van der Waals surface area contributed by atoms with Crippen molar-refractivity contribution in [2.45, 2.75) is 39.3 Å². The van der Waals surface area contributed by atoms with E-state index >= 15 is 0 Å². The topological polar surface area (TPSA) is 84.3 Å².